The second-order valence-electron chi connectivity index (χ2n) is 6.26. The highest BCUT2D eigenvalue weighted by Crippen LogP contribution is 2.35. The second-order valence-corrected chi connectivity index (χ2v) is 7.81. The van der Waals surface area contributed by atoms with Crippen molar-refractivity contribution in [3.63, 3.8) is 0 Å². The summed E-state index contributed by atoms with van der Waals surface area (Å²) in [5.74, 6) is -1.28. The van der Waals surface area contributed by atoms with Crippen molar-refractivity contribution in [3.05, 3.63) is 51.7 Å². The maximum absolute atomic E-state index is 12.6. The van der Waals surface area contributed by atoms with Gasteiger partial charge in [0.15, 0.2) is 6.61 Å². The van der Waals surface area contributed by atoms with E-state index in [0.717, 1.165) is 10.4 Å². The molecule has 152 valence electrons. The van der Waals surface area contributed by atoms with Crippen LogP contribution in [0.3, 0.4) is 0 Å². The minimum Gasteiger partial charge on any atom is -0.482 e. The topological polar surface area (TPSA) is 68.5 Å². The van der Waals surface area contributed by atoms with Crippen molar-refractivity contribution in [1.29, 1.82) is 0 Å². The van der Waals surface area contributed by atoms with E-state index >= 15 is 0 Å². The van der Waals surface area contributed by atoms with Crippen LogP contribution in [0.2, 0.25) is 5.02 Å². The number of rotatable bonds is 4. The molecule has 0 saturated carbocycles. The number of halogens is 4. The zero-order chi connectivity index (χ0) is 20.6. The summed E-state index contributed by atoms with van der Waals surface area (Å²) in [4.78, 5) is 19.0. The van der Waals surface area contributed by atoms with Gasteiger partial charge in [0, 0.05) is 18.0 Å². The van der Waals surface area contributed by atoms with E-state index in [9.17, 15) is 18.0 Å². The maximum Gasteiger partial charge on any atom is 0.471 e. The molecule has 0 bridgehead atoms. The first-order valence-corrected chi connectivity index (χ1v) is 9.68. The lowest BCUT2D eigenvalue weighted by molar-refractivity contribution is -0.159. The van der Waals surface area contributed by atoms with Gasteiger partial charge < -0.3 is 14.2 Å². The molecule has 0 aliphatic carbocycles. The number of para-hydroxylation sites is 1. The summed E-state index contributed by atoms with van der Waals surface area (Å²) in [5.41, 5.74) is 0.848. The molecule has 1 amide bonds. The highest BCUT2D eigenvalue weighted by Gasteiger charge is 2.38. The largest absolute Gasteiger partial charge is 0.482 e. The Morgan fingerprint density at radius 3 is 2.86 bits per heavy atom. The number of carbonyl (C=O) groups excluding carboxylic acids is 1. The fourth-order valence-electron chi connectivity index (χ4n) is 2.89. The van der Waals surface area contributed by atoms with Crippen LogP contribution in [0.5, 0.6) is 5.75 Å². The Hall–Kier alpha value is -2.59. The molecular weight excluding hydrogens is 431 g/mol. The molecule has 1 aromatic carbocycles. The predicted octanol–water partition coefficient (Wildman–Crippen LogP) is 4.43. The Bertz CT molecular complexity index is 1050. The third-order valence-electron chi connectivity index (χ3n) is 4.30. The second kappa shape index (κ2) is 7.68. The van der Waals surface area contributed by atoms with Gasteiger partial charge in [-0.15, -0.1) is 11.3 Å². The lowest BCUT2D eigenvalue weighted by atomic mass is 10.1. The Balaban J connectivity index is 1.43. The quantitative estimate of drug-likeness (QED) is 0.596. The average Bonchev–Trinajstić information content (AvgIpc) is 3.33. The number of fused-ring (bicyclic) bond motifs is 1. The van der Waals surface area contributed by atoms with Crippen LogP contribution in [0.4, 0.5) is 13.2 Å². The number of nitrogens with zero attached hydrogens (tertiary/aromatic N) is 3. The van der Waals surface area contributed by atoms with Gasteiger partial charge in [0.2, 0.25) is 5.82 Å². The van der Waals surface area contributed by atoms with Crippen LogP contribution in [0.1, 0.15) is 16.3 Å². The molecule has 3 aromatic rings. The molecule has 0 unspecified atom stereocenters. The average molecular weight is 444 g/mol. The maximum atomic E-state index is 12.6. The van der Waals surface area contributed by atoms with Gasteiger partial charge in [0.05, 0.1) is 9.90 Å². The van der Waals surface area contributed by atoms with Gasteiger partial charge in [0.25, 0.3) is 5.91 Å². The van der Waals surface area contributed by atoms with Crippen molar-refractivity contribution in [2.24, 2.45) is 0 Å². The van der Waals surface area contributed by atoms with E-state index in [-0.39, 0.29) is 18.3 Å². The fraction of sp³-hybridized carbons (Fsp3) is 0.278. The number of ether oxygens (including phenoxy) is 1. The van der Waals surface area contributed by atoms with E-state index in [0.29, 0.717) is 35.2 Å². The molecule has 0 saturated heterocycles. The normalized spacial score (nSPS) is 14.0. The lowest BCUT2D eigenvalue weighted by Gasteiger charge is -2.27. The first kappa shape index (κ1) is 19.7. The molecule has 11 heteroatoms. The van der Waals surface area contributed by atoms with Crippen molar-refractivity contribution in [1.82, 2.24) is 15.0 Å². The van der Waals surface area contributed by atoms with Crippen LogP contribution in [-0.4, -0.2) is 34.1 Å². The van der Waals surface area contributed by atoms with Crippen molar-refractivity contribution in [2.45, 2.75) is 19.1 Å². The SMILES string of the molecule is O=C(COc1ccccc1Cl)N1CCc2sc(-c3noc(C(F)(F)F)n3)cc2C1. The van der Waals surface area contributed by atoms with Crippen molar-refractivity contribution < 1.29 is 27.2 Å². The number of benzene rings is 1. The predicted molar refractivity (Wildman–Crippen MR) is 98.7 cm³/mol. The van der Waals surface area contributed by atoms with E-state index in [1.807, 2.05) is 0 Å². The smallest absolute Gasteiger partial charge is 0.471 e. The number of amides is 1. The third-order valence-corrected chi connectivity index (χ3v) is 5.84. The summed E-state index contributed by atoms with van der Waals surface area (Å²) in [6.07, 6.45) is -4.10. The molecule has 1 aliphatic heterocycles. The Morgan fingerprint density at radius 2 is 2.14 bits per heavy atom. The van der Waals surface area contributed by atoms with Crippen LogP contribution in [-0.2, 0) is 23.9 Å². The van der Waals surface area contributed by atoms with Gasteiger partial charge in [-0.2, -0.15) is 18.2 Å². The first-order chi connectivity index (χ1) is 13.8. The summed E-state index contributed by atoms with van der Waals surface area (Å²) in [6, 6.07) is 8.56. The van der Waals surface area contributed by atoms with Crippen molar-refractivity contribution in [3.8, 4) is 16.5 Å². The molecule has 0 radical (unpaired) electrons. The number of thiophene rings is 1. The summed E-state index contributed by atoms with van der Waals surface area (Å²) in [5, 5.41) is 3.83. The van der Waals surface area contributed by atoms with Crippen LogP contribution in [0, 0.1) is 0 Å². The Kier molecular flexibility index (Phi) is 5.22. The summed E-state index contributed by atoms with van der Waals surface area (Å²) in [7, 11) is 0. The number of aromatic nitrogens is 2. The summed E-state index contributed by atoms with van der Waals surface area (Å²) >= 11 is 7.31. The van der Waals surface area contributed by atoms with Gasteiger partial charge in [-0.25, -0.2) is 0 Å². The van der Waals surface area contributed by atoms with Crippen molar-refractivity contribution in [2.75, 3.05) is 13.2 Å². The number of carbonyl (C=O) groups is 1. The molecular formula is C18H13ClF3N3O3S. The molecule has 0 spiro atoms. The monoisotopic (exact) mass is 443 g/mol. The molecule has 0 fully saturated rings. The number of hydrogen-bond donors (Lipinski definition) is 0. The summed E-state index contributed by atoms with van der Waals surface area (Å²) in [6.45, 7) is 0.661. The molecule has 0 N–H and O–H groups in total. The lowest BCUT2D eigenvalue weighted by Crippen LogP contribution is -2.38. The molecule has 6 nitrogen and oxygen atoms in total. The molecule has 4 rings (SSSR count). The van der Waals surface area contributed by atoms with Gasteiger partial charge in [0.1, 0.15) is 5.75 Å². The van der Waals surface area contributed by atoms with Crippen LogP contribution in [0.15, 0.2) is 34.9 Å². The number of hydrogen-bond acceptors (Lipinski definition) is 6. The zero-order valence-electron chi connectivity index (χ0n) is 14.7. The Morgan fingerprint density at radius 1 is 1.34 bits per heavy atom. The van der Waals surface area contributed by atoms with E-state index in [1.165, 1.54) is 11.3 Å². The fourth-order valence-corrected chi connectivity index (χ4v) is 4.17. The molecule has 29 heavy (non-hydrogen) atoms. The van der Waals surface area contributed by atoms with E-state index in [2.05, 4.69) is 14.7 Å². The molecule has 0 atom stereocenters. The third kappa shape index (κ3) is 4.23. The van der Waals surface area contributed by atoms with Crippen molar-refractivity contribution >= 4 is 28.8 Å². The molecule has 1 aliphatic rings. The van der Waals surface area contributed by atoms with Gasteiger partial charge in [-0.3, -0.25) is 4.79 Å². The van der Waals surface area contributed by atoms with E-state index in [4.69, 9.17) is 16.3 Å². The number of alkyl halides is 3. The van der Waals surface area contributed by atoms with E-state index in [1.54, 1.807) is 35.2 Å². The standard InChI is InChI=1S/C18H13ClF3N3O3S/c19-11-3-1-2-4-12(11)27-9-15(26)25-6-5-13-10(8-25)7-14(29-13)16-23-17(28-24-16)18(20,21)22/h1-4,7H,5-6,8-9H2. The van der Waals surface area contributed by atoms with Crippen LogP contribution < -0.4 is 4.74 Å². The minimum absolute atomic E-state index is 0.114. The molecule has 2 aromatic heterocycles. The Labute approximate surface area is 171 Å². The first-order valence-electron chi connectivity index (χ1n) is 8.49. The zero-order valence-corrected chi connectivity index (χ0v) is 16.3. The molecule has 3 heterocycles. The minimum atomic E-state index is -4.69. The highest BCUT2D eigenvalue weighted by molar-refractivity contribution is 7.15. The van der Waals surface area contributed by atoms with Crippen LogP contribution >= 0.6 is 22.9 Å². The van der Waals surface area contributed by atoms with Gasteiger partial charge >= 0.3 is 12.1 Å². The summed E-state index contributed by atoms with van der Waals surface area (Å²) < 4.78 is 47.7. The van der Waals surface area contributed by atoms with Crippen LogP contribution in [0.25, 0.3) is 10.7 Å². The van der Waals surface area contributed by atoms with Gasteiger partial charge in [-0.05, 0) is 30.2 Å². The van der Waals surface area contributed by atoms with E-state index < -0.39 is 12.1 Å². The highest BCUT2D eigenvalue weighted by atomic mass is 35.5. The van der Waals surface area contributed by atoms with Gasteiger partial charge in [-0.1, -0.05) is 28.9 Å².